The summed E-state index contributed by atoms with van der Waals surface area (Å²) in [5.41, 5.74) is 11.6. The molecule has 0 aliphatic carbocycles. The first-order chi connectivity index (χ1) is 29.8. The van der Waals surface area contributed by atoms with Gasteiger partial charge in [0.15, 0.2) is 0 Å². The van der Waals surface area contributed by atoms with Crippen molar-refractivity contribution in [2.45, 2.75) is 0 Å². The number of fused-ring (bicyclic) bond motifs is 10. The van der Waals surface area contributed by atoms with Crippen molar-refractivity contribution < 1.29 is 4.42 Å². The highest BCUT2D eigenvalue weighted by Crippen LogP contribution is 2.50. The predicted octanol–water partition coefficient (Wildman–Crippen LogP) is 17.2. The van der Waals surface area contributed by atoms with Gasteiger partial charge in [-0.3, -0.25) is 0 Å². The van der Waals surface area contributed by atoms with Gasteiger partial charge < -0.3 is 4.42 Å². The van der Waals surface area contributed by atoms with Crippen molar-refractivity contribution in [2.24, 2.45) is 0 Å². The molecule has 0 spiro atoms. The van der Waals surface area contributed by atoms with Crippen molar-refractivity contribution in [3.05, 3.63) is 206 Å². The Balaban J connectivity index is 1.06. The fourth-order valence-electron chi connectivity index (χ4n) is 10.2. The fourth-order valence-corrected chi connectivity index (χ4v) is 11.3. The SMILES string of the molecule is c1ccc(-c2c3ccccc3c(-c3cccc4c3oc3ccc(-c5c6ccccc6c(-c6cccc7sc8ccccc8c67)c6ccccc56)cc34)c3ccccc23)cc1. The third-order valence-corrected chi connectivity index (χ3v) is 13.8. The van der Waals surface area contributed by atoms with E-state index in [-0.39, 0.29) is 0 Å². The van der Waals surface area contributed by atoms with Crippen LogP contribution in [0.1, 0.15) is 0 Å². The third-order valence-electron chi connectivity index (χ3n) is 12.7. The average molecular weight is 779 g/mol. The number of thiophene rings is 1. The van der Waals surface area contributed by atoms with E-state index in [4.69, 9.17) is 4.42 Å². The molecule has 0 N–H and O–H groups in total. The highest BCUT2D eigenvalue weighted by molar-refractivity contribution is 7.26. The topological polar surface area (TPSA) is 13.1 Å². The molecule has 0 saturated heterocycles. The molecule has 0 aliphatic heterocycles. The molecule has 11 aromatic carbocycles. The third kappa shape index (κ3) is 4.80. The van der Waals surface area contributed by atoms with Crippen molar-refractivity contribution in [1.82, 2.24) is 0 Å². The smallest absolute Gasteiger partial charge is 0.143 e. The molecule has 1 nitrogen and oxygen atoms in total. The van der Waals surface area contributed by atoms with E-state index in [0.29, 0.717) is 0 Å². The Kier molecular flexibility index (Phi) is 7.24. The maximum Gasteiger partial charge on any atom is 0.143 e. The van der Waals surface area contributed by atoms with Crippen LogP contribution < -0.4 is 0 Å². The van der Waals surface area contributed by atoms with Gasteiger partial charge in [0.1, 0.15) is 11.2 Å². The lowest BCUT2D eigenvalue weighted by molar-refractivity contribution is 0.670. The summed E-state index contributed by atoms with van der Waals surface area (Å²) in [7, 11) is 0. The van der Waals surface area contributed by atoms with E-state index in [2.05, 4.69) is 206 Å². The first kappa shape index (κ1) is 33.5. The van der Waals surface area contributed by atoms with Crippen LogP contribution in [0.2, 0.25) is 0 Å². The fraction of sp³-hybridized carbons (Fsp3) is 0. The molecule has 2 heterocycles. The van der Waals surface area contributed by atoms with Crippen molar-refractivity contribution in [3.63, 3.8) is 0 Å². The molecule has 0 saturated carbocycles. The zero-order valence-electron chi connectivity index (χ0n) is 32.4. The van der Waals surface area contributed by atoms with E-state index in [1.165, 1.54) is 102 Å². The Morgan fingerprint density at radius 3 is 1.35 bits per heavy atom. The van der Waals surface area contributed by atoms with Gasteiger partial charge in [-0.05, 0) is 101 Å². The van der Waals surface area contributed by atoms with Crippen LogP contribution in [-0.4, -0.2) is 0 Å². The average Bonchev–Trinajstić information content (AvgIpc) is 3.89. The second kappa shape index (κ2) is 13.0. The standard InChI is InChI=1S/C58H34OS/c1-2-16-35(17-3-1)53-37-18-4-10-24-43(37)56(44-25-11-5-19-38(44)53)48-29-14-27-45-49-34-36(32-33-50(49)59-58(45)48)54-39-20-6-8-22-41(39)55(42-23-9-7-21-40(42)54)47-28-15-31-52-57(47)46-26-12-13-30-51(46)60-52/h1-34H. The van der Waals surface area contributed by atoms with Crippen LogP contribution in [0.15, 0.2) is 211 Å². The van der Waals surface area contributed by atoms with E-state index in [1.54, 1.807) is 0 Å². The number of hydrogen-bond acceptors (Lipinski definition) is 2. The summed E-state index contributed by atoms with van der Waals surface area (Å²) in [5.74, 6) is 0. The van der Waals surface area contributed by atoms with Gasteiger partial charge in [-0.25, -0.2) is 0 Å². The molecule has 2 aromatic heterocycles. The number of benzene rings is 11. The number of para-hydroxylation sites is 1. The van der Waals surface area contributed by atoms with E-state index >= 15 is 0 Å². The maximum atomic E-state index is 6.96. The Labute approximate surface area is 350 Å². The lowest BCUT2D eigenvalue weighted by Gasteiger charge is -2.18. The molecule has 0 bridgehead atoms. The van der Waals surface area contributed by atoms with Crippen LogP contribution in [0, 0.1) is 0 Å². The van der Waals surface area contributed by atoms with Crippen LogP contribution in [0.4, 0.5) is 0 Å². The van der Waals surface area contributed by atoms with Crippen molar-refractivity contribution in [2.75, 3.05) is 0 Å². The summed E-state index contributed by atoms with van der Waals surface area (Å²) in [6.07, 6.45) is 0. The molecule has 0 fully saturated rings. The van der Waals surface area contributed by atoms with Gasteiger partial charge in [-0.1, -0.05) is 182 Å². The molecule has 60 heavy (non-hydrogen) atoms. The van der Waals surface area contributed by atoms with Gasteiger partial charge in [-0.15, -0.1) is 11.3 Å². The largest absolute Gasteiger partial charge is 0.455 e. The Morgan fingerprint density at radius 2 is 0.733 bits per heavy atom. The van der Waals surface area contributed by atoms with Crippen molar-refractivity contribution in [3.8, 4) is 44.5 Å². The quantitative estimate of drug-likeness (QED) is 0.162. The van der Waals surface area contributed by atoms with Gasteiger partial charge in [0.05, 0.1) is 0 Å². The highest BCUT2D eigenvalue weighted by Gasteiger charge is 2.23. The summed E-state index contributed by atoms with van der Waals surface area (Å²) in [5, 5.41) is 14.8. The van der Waals surface area contributed by atoms with E-state index in [0.717, 1.165) is 27.5 Å². The zero-order valence-corrected chi connectivity index (χ0v) is 33.3. The summed E-state index contributed by atoms with van der Waals surface area (Å²) in [6.45, 7) is 0. The molecule has 278 valence electrons. The molecule has 2 heteroatoms. The molecule has 0 aliphatic rings. The van der Waals surface area contributed by atoms with E-state index in [1.807, 2.05) is 11.3 Å². The number of hydrogen-bond donors (Lipinski definition) is 0. The first-order valence-electron chi connectivity index (χ1n) is 20.6. The van der Waals surface area contributed by atoms with Crippen LogP contribution in [0.5, 0.6) is 0 Å². The minimum Gasteiger partial charge on any atom is -0.455 e. The lowest BCUT2D eigenvalue weighted by atomic mass is 9.84. The van der Waals surface area contributed by atoms with Crippen LogP contribution in [0.3, 0.4) is 0 Å². The highest BCUT2D eigenvalue weighted by atomic mass is 32.1. The van der Waals surface area contributed by atoms with Crippen LogP contribution in [0.25, 0.3) is 130 Å². The first-order valence-corrected chi connectivity index (χ1v) is 21.4. The van der Waals surface area contributed by atoms with E-state index < -0.39 is 0 Å². The van der Waals surface area contributed by atoms with E-state index in [9.17, 15) is 0 Å². The minimum absolute atomic E-state index is 0.886. The maximum absolute atomic E-state index is 6.96. The van der Waals surface area contributed by atoms with Crippen LogP contribution >= 0.6 is 11.3 Å². The summed E-state index contributed by atoms with van der Waals surface area (Å²) >= 11 is 1.88. The van der Waals surface area contributed by atoms with Crippen molar-refractivity contribution >= 4 is 96.5 Å². The van der Waals surface area contributed by atoms with Crippen molar-refractivity contribution in [1.29, 1.82) is 0 Å². The van der Waals surface area contributed by atoms with Gasteiger partial charge in [-0.2, -0.15) is 0 Å². The molecule has 13 aromatic rings. The molecular weight excluding hydrogens is 745 g/mol. The van der Waals surface area contributed by atoms with Gasteiger partial charge in [0.2, 0.25) is 0 Å². The summed E-state index contributed by atoms with van der Waals surface area (Å²) in [6, 6.07) is 75.5. The molecule has 0 unspecified atom stereocenters. The predicted molar refractivity (Wildman–Crippen MR) is 258 cm³/mol. The normalized spacial score (nSPS) is 12.0. The molecule has 0 radical (unpaired) electrons. The molecule has 13 rings (SSSR count). The monoisotopic (exact) mass is 778 g/mol. The Morgan fingerprint density at radius 1 is 0.283 bits per heavy atom. The Bertz CT molecular complexity index is 3770. The lowest BCUT2D eigenvalue weighted by Crippen LogP contribution is -1.91. The Hall–Kier alpha value is -7.52. The summed E-state index contributed by atoms with van der Waals surface area (Å²) in [4.78, 5) is 0. The van der Waals surface area contributed by atoms with Gasteiger partial charge >= 0.3 is 0 Å². The van der Waals surface area contributed by atoms with Gasteiger partial charge in [0.25, 0.3) is 0 Å². The molecular formula is C58H34OS. The summed E-state index contributed by atoms with van der Waals surface area (Å²) < 4.78 is 9.60. The van der Waals surface area contributed by atoms with Crippen LogP contribution in [-0.2, 0) is 0 Å². The molecule has 0 atom stereocenters. The second-order valence-corrected chi connectivity index (χ2v) is 16.9. The zero-order chi connectivity index (χ0) is 39.3. The number of rotatable bonds is 4. The molecule has 0 amide bonds. The second-order valence-electron chi connectivity index (χ2n) is 15.8. The number of furan rings is 1. The minimum atomic E-state index is 0.886. The van der Waals surface area contributed by atoms with Gasteiger partial charge in [0, 0.05) is 42.1 Å².